The molecule has 0 atom stereocenters. The van der Waals surface area contributed by atoms with Gasteiger partial charge in [-0.15, -0.1) is 0 Å². The summed E-state index contributed by atoms with van der Waals surface area (Å²) < 4.78 is 5.91. The van der Waals surface area contributed by atoms with Crippen LogP contribution in [0, 0.1) is 13.8 Å². The molecule has 2 N–H and O–H groups in total. The van der Waals surface area contributed by atoms with E-state index in [1.165, 1.54) is 11.1 Å². The molecular formula is C16H19NO. The zero-order valence-corrected chi connectivity index (χ0v) is 10.9. The fraction of sp³-hybridized carbons (Fsp3) is 0.250. The van der Waals surface area contributed by atoms with Crippen LogP contribution in [0.1, 0.15) is 22.3 Å². The lowest BCUT2D eigenvalue weighted by Crippen LogP contribution is -2.01. The molecule has 0 saturated heterocycles. The standard InChI is InChI=1S/C16H19NO/c1-12-5-3-6-13(2)16(12)18-11-15-8-4-7-14(9-15)10-17/h3-9H,10-11,17H2,1-2H3. The molecule has 0 bridgehead atoms. The van der Waals surface area contributed by atoms with E-state index in [9.17, 15) is 0 Å². The third kappa shape index (κ3) is 2.90. The lowest BCUT2D eigenvalue weighted by Gasteiger charge is -2.12. The molecule has 0 unspecified atom stereocenters. The predicted molar refractivity (Wildman–Crippen MR) is 74.6 cm³/mol. The van der Waals surface area contributed by atoms with Crippen molar-refractivity contribution in [2.24, 2.45) is 5.73 Å². The topological polar surface area (TPSA) is 35.2 Å². The van der Waals surface area contributed by atoms with E-state index in [4.69, 9.17) is 10.5 Å². The molecule has 0 spiro atoms. The normalized spacial score (nSPS) is 10.4. The van der Waals surface area contributed by atoms with Crippen molar-refractivity contribution >= 4 is 0 Å². The monoisotopic (exact) mass is 241 g/mol. The Bertz CT molecular complexity index is 514. The zero-order valence-electron chi connectivity index (χ0n) is 10.9. The highest BCUT2D eigenvalue weighted by Gasteiger charge is 2.03. The second-order valence-electron chi connectivity index (χ2n) is 4.53. The molecule has 94 valence electrons. The maximum absolute atomic E-state index is 5.91. The molecule has 0 aliphatic heterocycles. The summed E-state index contributed by atoms with van der Waals surface area (Å²) in [6.07, 6.45) is 0. The first-order valence-corrected chi connectivity index (χ1v) is 6.17. The summed E-state index contributed by atoms with van der Waals surface area (Å²) in [7, 11) is 0. The molecule has 2 aromatic rings. The molecule has 0 amide bonds. The van der Waals surface area contributed by atoms with Crippen LogP contribution in [-0.2, 0) is 13.2 Å². The number of aryl methyl sites for hydroxylation is 2. The van der Waals surface area contributed by atoms with Crippen molar-refractivity contribution < 1.29 is 4.74 Å². The van der Waals surface area contributed by atoms with Crippen molar-refractivity contribution in [2.75, 3.05) is 0 Å². The minimum atomic E-state index is 0.567. The van der Waals surface area contributed by atoms with E-state index in [0.717, 1.165) is 16.9 Å². The largest absolute Gasteiger partial charge is 0.488 e. The Balaban J connectivity index is 2.11. The highest BCUT2D eigenvalue weighted by atomic mass is 16.5. The van der Waals surface area contributed by atoms with Crippen LogP contribution in [0.3, 0.4) is 0 Å². The molecule has 0 aromatic heterocycles. The van der Waals surface area contributed by atoms with Gasteiger partial charge in [0.25, 0.3) is 0 Å². The van der Waals surface area contributed by atoms with E-state index in [1.54, 1.807) is 0 Å². The van der Waals surface area contributed by atoms with Crippen LogP contribution in [0.15, 0.2) is 42.5 Å². The first kappa shape index (κ1) is 12.7. The third-order valence-corrected chi connectivity index (χ3v) is 3.02. The van der Waals surface area contributed by atoms with Gasteiger partial charge < -0.3 is 10.5 Å². The van der Waals surface area contributed by atoms with Crippen LogP contribution in [0.5, 0.6) is 5.75 Å². The Kier molecular flexibility index (Phi) is 4.00. The fourth-order valence-electron chi connectivity index (χ4n) is 2.03. The first-order valence-electron chi connectivity index (χ1n) is 6.17. The van der Waals surface area contributed by atoms with E-state index in [-0.39, 0.29) is 0 Å². The minimum Gasteiger partial charge on any atom is -0.488 e. The summed E-state index contributed by atoms with van der Waals surface area (Å²) in [5, 5.41) is 0. The van der Waals surface area contributed by atoms with Crippen molar-refractivity contribution in [1.82, 2.24) is 0 Å². The first-order chi connectivity index (χ1) is 8.70. The molecule has 0 fully saturated rings. The molecule has 0 saturated carbocycles. The number of para-hydroxylation sites is 1. The Morgan fingerprint density at radius 2 is 1.56 bits per heavy atom. The number of hydrogen-bond donors (Lipinski definition) is 1. The highest BCUT2D eigenvalue weighted by molar-refractivity contribution is 5.40. The summed E-state index contributed by atoms with van der Waals surface area (Å²) in [5.74, 6) is 0.982. The van der Waals surface area contributed by atoms with E-state index < -0.39 is 0 Å². The van der Waals surface area contributed by atoms with Crippen LogP contribution in [0.2, 0.25) is 0 Å². The van der Waals surface area contributed by atoms with Crippen molar-refractivity contribution in [1.29, 1.82) is 0 Å². The average Bonchev–Trinajstić information content (AvgIpc) is 2.38. The third-order valence-electron chi connectivity index (χ3n) is 3.02. The molecular weight excluding hydrogens is 222 g/mol. The average molecular weight is 241 g/mol. The highest BCUT2D eigenvalue weighted by Crippen LogP contribution is 2.23. The molecule has 18 heavy (non-hydrogen) atoms. The van der Waals surface area contributed by atoms with Crippen molar-refractivity contribution in [2.45, 2.75) is 27.0 Å². The molecule has 2 rings (SSSR count). The number of benzene rings is 2. The maximum atomic E-state index is 5.91. The lowest BCUT2D eigenvalue weighted by atomic mass is 10.1. The van der Waals surface area contributed by atoms with Crippen molar-refractivity contribution in [3.63, 3.8) is 0 Å². The maximum Gasteiger partial charge on any atom is 0.125 e. The summed E-state index contributed by atoms with van der Waals surface area (Å²) in [6, 6.07) is 14.4. The van der Waals surface area contributed by atoms with Crippen LogP contribution < -0.4 is 10.5 Å². The zero-order chi connectivity index (χ0) is 13.0. The minimum absolute atomic E-state index is 0.567. The van der Waals surface area contributed by atoms with Gasteiger partial charge in [0.05, 0.1) is 0 Å². The fourth-order valence-corrected chi connectivity index (χ4v) is 2.03. The van der Waals surface area contributed by atoms with Gasteiger partial charge in [-0.1, -0.05) is 42.5 Å². The van der Waals surface area contributed by atoms with Gasteiger partial charge in [0, 0.05) is 6.54 Å². The molecule has 0 aliphatic rings. The molecule has 0 radical (unpaired) electrons. The van der Waals surface area contributed by atoms with Gasteiger partial charge in [-0.3, -0.25) is 0 Å². The summed E-state index contributed by atoms with van der Waals surface area (Å²) >= 11 is 0. The smallest absolute Gasteiger partial charge is 0.125 e. The second-order valence-corrected chi connectivity index (χ2v) is 4.53. The molecule has 2 aromatic carbocycles. The Labute approximate surface area is 108 Å². The Morgan fingerprint density at radius 3 is 2.22 bits per heavy atom. The van der Waals surface area contributed by atoms with Gasteiger partial charge in [-0.25, -0.2) is 0 Å². The van der Waals surface area contributed by atoms with Gasteiger partial charge in [0.2, 0.25) is 0 Å². The molecule has 0 aliphatic carbocycles. The Morgan fingerprint density at radius 1 is 0.944 bits per heavy atom. The SMILES string of the molecule is Cc1cccc(C)c1OCc1cccc(CN)c1. The summed E-state index contributed by atoms with van der Waals surface area (Å²) in [5.41, 5.74) is 10.3. The van der Waals surface area contributed by atoms with E-state index in [2.05, 4.69) is 38.1 Å². The number of rotatable bonds is 4. The van der Waals surface area contributed by atoms with Gasteiger partial charge in [0.1, 0.15) is 12.4 Å². The Hall–Kier alpha value is -1.80. The number of nitrogens with two attached hydrogens (primary N) is 1. The van der Waals surface area contributed by atoms with Crippen LogP contribution in [0.4, 0.5) is 0 Å². The van der Waals surface area contributed by atoms with Gasteiger partial charge in [-0.2, -0.15) is 0 Å². The van der Waals surface area contributed by atoms with E-state index >= 15 is 0 Å². The van der Waals surface area contributed by atoms with E-state index in [1.807, 2.05) is 18.2 Å². The van der Waals surface area contributed by atoms with Crippen molar-refractivity contribution in [3.8, 4) is 5.75 Å². The molecule has 2 nitrogen and oxygen atoms in total. The van der Waals surface area contributed by atoms with Gasteiger partial charge in [-0.05, 0) is 36.1 Å². The van der Waals surface area contributed by atoms with Gasteiger partial charge >= 0.3 is 0 Å². The van der Waals surface area contributed by atoms with Crippen LogP contribution in [0.25, 0.3) is 0 Å². The molecule has 0 heterocycles. The summed E-state index contributed by atoms with van der Waals surface area (Å²) in [4.78, 5) is 0. The number of ether oxygens (including phenoxy) is 1. The second kappa shape index (κ2) is 5.69. The van der Waals surface area contributed by atoms with E-state index in [0.29, 0.717) is 13.2 Å². The number of hydrogen-bond acceptors (Lipinski definition) is 2. The van der Waals surface area contributed by atoms with Crippen molar-refractivity contribution in [3.05, 3.63) is 64.7 Å². The molecule has 2 heteroatoms. The predicted octanol–water partition coefficient (Wildman–Crippen LogP) is 3.34. The lowest BCUT2D eigenvalue weighted by molar-refractivity contribution is 0.302. The summed E-state index contributed by atoms with van der Waals surface area (Å²) in [6.45, 7) is 5.29. The van der Waals surface area contributed by atoms with Gasteiger partial charge in [0.15, 0.2) is 0 Å². The van der Waals surface area contributed by atoms with Crippen LogP contribution in [-0.4, -0.2) is 0 Å². The van der Waals surface area contributed by atoms with Crippen LogP contribution >= 0.6 is 0 Å². The quantitative estimate of drug-likeness (QED) is 0.891.